The van der Waals surface area contributed by atoms with Crippen LogP contribution < -0.4 is 16.6 Å². The zero-order valence-corrected chi connectivity index (χ0v) is 26.0. The van der Waals surface area contributed by atoms with Crippen LogP contribution in [0.25, 0.3) is 22.3 Å². The van der Waals surface area contributed by atoms with Crippen molar-refractivity contribution in [3.63, 3.8) is 0 Å². The number of cyclic esters (lactones) is 1. The number of unbranched alkanes of at least 4 members (excludes halogenated alkanes) is 1. The molecule has 2 radical (unpaired) electrons. The molecule has 6 rings (SSSR count). The average Bonchev–Trinajstić information content (AvgIpc) is 3.28. The SMILES string of the molecule is CC[C@@]1(O)C(=O)OCc2c1cc1n(c2=O)Cc2c-1nc1ccccc1c2C1CN[C@@H]([Si]CCCCN)C(=O)N(C(C)C)C1. The van der Waals surface area contributed by atoms with E-state index in [1.54, 1.807) is 17.6 Å². The number of aromatic nitrogens is 2. The van der Waals surface area contributed by atoms with Gasteiger partial charge in [-0.3, -0.25) is 9.59 Å². The lowest BCUT2D eigenvalue weighted by Crippen LogP contribution is -2.49. The highest BCUT2D eigenvalue weighted by atomic mass is 28.2. The molecule has 1 aromatic carbocycles. The summed E-state index contributed by atoms with van der Waals surface area (Å²) < 4.78 is 6.94. The van der Waals surface area contributed by atoms with Crippen LogP contribution in [0.2, 0.25) is 6.04 Å². The van der Waals surface area contributed by atoms with E-state index >= 15 is 0 Å². The van der Waals surface area contributed by atoms with Crippen LogP contribution in [-0.2, 0) is 33.1 Å². The van der Waals surface area contributed by atoms with E-state index in [2.05, 4.69) is 25.2 Å². The highest BCUT2D eigenvalue weighted by Gasteiger charge is 2.46. The number of hydrogen-bond acceptors (Lipinski definition) is 8. The van der Waals surface area contributed by atoms with Crippen LogP contribution in [0.15, 0.2) is 35.1 Å². The van der Waals surface area contributed by atoms with Crippen LogP contribution in [0.5, 0.6) is 0 Å². The summed E-state index contributed by atoms with van der Waals surface area (Å²) in [6.07, 6.45) is 2.06. The molecule has 1 fully saturated rings. The first-order chi connectivity index (χ1) is 20.7. The minimum atomic E-state index is -1.88. The quantitative estimate of drug-likeness (QED) is 0.159. The number of para-hydroxylation sites is 1. The number of hydrogen-bond donors (Lipinski definition) is 3. The van der Waals surface area contributed by atoms with E-state index < -0.39 is 11.6 Å². The third-order valence-corrected chi connectivity index (χ3v) is 10.7. The molecular formula is C32H39N5O5Si. The molecule has 2 aromatic heterocycles. The van der Waals surface area contributed by atoms with Gasteiger partial charge >= 0.3 is 5.97 Å². The van der Waals surface area contributed by atoms with Crippen LogP contribution in [0, 0.1) is 0 Å². The van der Waals surface area contributed by atoms with Gasteiger partial charge in [0.1, 0.15) is 6.61 Å². The smallest absolute Gasteiger partial charge is 0.343 e. The lowest BCUT2D eigenvalue weighted by molar-refractivity contribution is -0.172. The molecule has 3 aromatic rings. The maximum atomic E-state index is 13.9. The number of rotatable bonds is 8. The number of ether oxygens (including phenoxy) is 1. The first-order valence-electron chi connectivity index (χ1n) is 15.3. The normalized spacial score (nSPS) is 23.3. The van der Waals surface area contributed by atoms with Gasteiger partial charge in [-0.2, -0.15) is 0 Å². The van der Waals surface area contributed by atoms with E-state index in [4.69, 9.17) is 15.5 Å². The highest BCUT2D eigenvalue weighted by Crippen LogP contribution is 2.42. The minimum Gasteiger partial charge on any atom is -0.458 e. The van der Waals surface area contributed by atoms with E-state index in [1.807, 2.05) is 23.1 Å². The van der Waals surface area contributed by atoms with Gasteiger partial charge in [0.05, 0.1) is 44.2 Å². The molecule has 10 nitrogen and oxygen atoms in total. The van der Waals surface area contributed by atoms with Crippen molar-refractivity contribution in [1.82, 2.24) is 19.8 Å². The average molecular weight is 602 g/mol. The minimum absolute atomic E-state index is 0.0307. The molecule has 0 bridgehead atoms. The summed E-state index contributed by atoms with van der Waals surface area (Å²) in [5, 5.41) is 15.9. The number of carbonyl (C=O) groups is 2. The standard InChI is InChI=1S/C32H39N5O5Si/c1-4-32(41)23-13-25-27-21(16-37(25)29(38)22(23)17-42-31(32)40)26(20-9-5-6-10-24(20)35-27)19-14-34-28(43-12-8-7-11-33)30(39)36(15-19)18(2)3/h5-6,9-10,13,18-19,28,34,41H,4,7-8,11-12,14-17,33H2,1-3H3/t19?,28-,32-/m0/s1. The van der Waals surface area contributed by atoms with Gasteiger partial charge in [-0.05, 0) is 50.9 Å². The molecule has 11 heteroatoms. The Hall–Kier alpha value is -3.38. The van der Waals surface area contributed by atoms with Crippen molar-refractivity contribution in [3.05, 3.63) is 62.9 Å². The third-order valence-electron chi connectivity index (χ3n) is 9.17. The summed E-state index contributed by atoms with van der Waals surface area (Å²) in [7, 11) is 0.470. The molecule has 0 spiro atoms. The van der Waals surface area contributed by atoms with Crippen molar-refractivity contribution in [2.75, 3.05) is 19.6 Å². The van der Waals surface area contributed by atoms with Gasteiger partial charge in [0.15, 0.2) is 5.60 Å². The number of fused-ring (bicyclic) bond motifs is 5. The molecule has 3 aliphatic rings. The van der Waals surface area contributed by atoms with Gasteiger partial charge < -0.3 is 30.4 Å². The van der Waals surface area contributed by atoms with E-state index in [0.717, 1.165) is 40.9 Å². The fourth-order valence-corrected chi connectivity index (χ4v) is 8.11. The summed E-state index contributed by atoms with van der Waals surface area (Å²) in [5.74, 6) is -0.642. The molecule has 226 valence electrons. The van der Waals surface area contributed by atoms with Crippen molar-refractivity contribution in [2.24, 2.45) is 5.73 Å². The van der Waals surface area contributed by atoms with Gasteiger partial charge in [-0.1, -0.05) is 37.6 Å². The zero-order chi connectivity index (χ0) is 30.5. The number of amides is 1. The Morgan fingerprint density at radius 2 is 2.00 bits per heavy atom. The first-order valence-corrected chi connectivity index (χ1v) is 16.5. The van der Waals surface area contributed by atoms with Gasteiger partial charge in [0, 0.05) is 41.6 Å². The fraction of sp³-hybridized carbons (Fsp3) is 0.500. The largest absolute Gasteiger partial charge is 0.458 e. The van der Waals surface area contributed by atoms with Crippen molar-refractivity contribution >= 4 is 32.3 Å². The Labute approximate surface area is 253 Å². The number of pyridine rings is 2. The number of nitrogens with zero attached hydrogens (tertiary/aromatic N) is 3. The molecule has 0 saturated carbocycles. The van der Waals surface area contributed by atoms with Gasteiger partial charge in [0.25, 0.3) is 5.56 Å². The van der Waals surface area contributed by atoms with Crippen molar-refractivity contribution in [3.8, 4) is 11.4 Å². The lowest BCUT2D eigenvalue weighted by atomic mass is 9.85. The lowest BCUT2D eigenvalue weighted by Gasteiger charge is -2.31. The van der Waals surface area contributed by atoms with Crippen LogP contribution >= 0.6 is 0 Å². The van der Waals surface area contributed by atoms with E-state index in [-0.39, 0.29) is 42.1 Å². The number of benzene rings is 1. The molecule has 3 atom stereocenters. The van der Waals surface area contributed by atoms with Crippen LogP contribution in [0.4, 0.5) is 0 Å². The van der Waals surface area contributed by atoms with Crippen LogP contribution in [-0.4, -0.2) is 72.3 Å². The van der Waals surface area contributed by atoms with Crippen LogP contribution in [0.1, 0.15) is 68.2 Å². The van der Waals surface area contributed by atoms with E-state index in [0.29, 0.717) is 58.2 Å². The zero-order valence-electron chi connectivity index (χ0n) is 25.0. The molecule has 3 aliphatic heterocycles. The molecular weight excluding hydrogens is 562 g/mol. The number of carbonyl (C=O) groups excluding carboxylic acids is 2. The number of nitrogens with one attached hydrogen (secondary N) is 1. The second kappa shape index (κ2) is 11.6. The third kappa shape index (κ3) is 4.92. The van der Waals surface area contributed by atoms with Gasteiger partial charge in [-0.25, -0.2) is 9.78 Å². The number of esters is 1. The predicted molar refractivity (Wildman–Crippen MR) is 165 cm³/mol. The molecule has 1 saturated heterocycles. The summed E-state index contributed by atoms with van der Waals surface area (Å²) in [6, 6.07) is 10.7. The second-order valence-electron chi connectivity index (χ2n) is 12.0. The van der Waals surface area contributed by atoms with Gasteiger partial charge in [0.2, 0.25) is 5.91 Å². The Balaban J connectivity index is 1.47. The Bertz CT molecular complexity index is 1660. The second-order valence-corrected chi connectivity index (χ2v) is 13.5. The summed E-state index contributed by atoms with van der Waals surface area (Å²) in [4.78, 5) is 47.2. The van der Waals surface area contributed by atoms with E-state index in [1.165, 1.54) is 0 Å². The van der Waals surface area contributed by atoms with Crippen molar-refractivity contribution in [1.29, 1.82) is 0 Å². The molecule has 1 unspecified atom stereocenters. The van der Waals surface area contributed by atoms with Crippen LogP contribution in [0.3, 0.4) is 0 Å². The number of nitrogens with two attached hydrogens (primary N) is 1. The molecule has 43 heavy (non-hydrogen) atoms. The maximum absolute atomic E-state index is 13.9. The molecule has 4 N–H and O–H groups in total. The van der Waals surface area contributed by atoms with E-state index in [9.17, 15) is 19.5 Å². The van der Waals surface area contributed by atoms with Crippen molar-refractivity contribution in [2.45, 2.75) is 82.5 Å². The molecule has 0 aliphatic carbocycles. The number of aliphatic hydroxyl groups is 1. The Kier molecular flexibility index (Phi) is 8.01. The molecule has 5 heterocycles. The summed E-state index contributed by atoms with van der Waals surface area (Å²) in [6.45, 7) is 7.79. The highest BCUT2D eigenvalue weighted by molar-refractivity contribution is 6.44. The topological polar surface area (TPSA) is 140 Å². The summed E-state index contributed by atoms with van der Waals surface area (Å²) in [5.41, 5.74) is 7.99. The monoisotopic (exact) mass is 601 g/mol. The Morgan fingerprint density at radius 1 is 1.21 bits per heavy atom. The van der Waals surface area contributed by atoms with Gasteiger partial charge in [-0.15, -0.1) is 0 Å². The van der Waals surface area contributed by atoms with Crippen molar-refractivity contribution < 1.29 is 19.4 Å². The predicted octanol–water partition coefficient (Wildman–Crippen LogP) is 2.19. The fourth-order valence-electron chi connectivity index (χ4n) is 6.77. The summed E-state index contributed by atoms with van der Waals surface area (Å²) >= 11 is 0. The Morgan fingerprint density at radius 3 is 2.74 bits per heavy atom. The first kappa shape index (κ1) is 29.7. The molecule has 1 amide bonds. The maximum Gasteiger partial charge on any atom is 0.343 e.